The number of fused-ring (bicyclic) bond motifs is 3. The van der Waals surface area contributed by atoms with E-state index < -0.39 is 0 Å². The number of hydrogen-bond donors (Lipinski definition) is 0. The summed E-state index contributed by atoms with van der Waals surface area (Å²) in [7, 11) is 0. The fourth-order valence-electron chi connectivity index (χ4n) is 4.21. The first kappa shape index (κ1) is 14.4. The van der Waals surface area contributed by atoms with E-state index in [9.17, 15) is 0 Å². The maximum absolute atomic E-state index is 4.77. The minimum absolute atomic E-state index is 0.580. The second-order valence-electron chi connectivity index (χ2n) is 6.93. The molecule has 0 N–H and O–H groups in total. The van der Waals surface area contributed by atoms with Gasteiger partial charge in [0.1, 0.15) is 5.82 Å². The topological polar surface area (TPSA) is 34.0 Å². The lowest BCUT2D eigenvalue weighted by Crippen LogP contribution is -2.21. The lowest BCUT2D eigenvalue weighted by Gasteiger charge is -2.16. The Balaban J connectivity index is 1.37. The van der Waals surface area contributed by atoms with Crippen LogP contribution >= 0.6 is 11.3 Å². The van der Waals surface area contributed by atoms with Gasteiger partial charge in [-0.05, 0) is 31.2 Å². The van der Waals surface area contributed by atoms with Crippen LogP contribution in [0.5, 0.6) is 0 Å². The summed E-state index contributed by atoms with van der Waals surface area (Å²) in [6.07, 6.45) is 5.78. The Morgan fingerprint density at radius 3 is 2.92 bits per heavy atom. The Bertz CT molecular complexity index is 867. The molecule has 2 aliphatic rings. The van der Waals surface area contributed by atoms with Crippen LogP contribution in [0.25, 0.3) is 11.3 Å². The minimum Gasteiger partial charge on any atom is -0.327 e. The molecule has 1 saturated heterocycles. The van der Waals surface area contributed by atoms with Crippen LogP contribution in [-0.2, 0) is 13.1 Å². The summed E-state index contributed by atoms with van der Waals surface area (Å²) in [4.78, 5) is 14.5. The molecule has 2 atom stereocenters. The molecule has 5 heterocycles. The van der Waals surface area contributed by atoms with Gasteiger partial charge in [0.25, 0.3) is 0 Å². The van der Waals surface area contributed by atoms with Crippen LogP contribution in [-0.4, -0.2) is 32.5 Å². The fourth-order valence-corrected chi connectivity index (χ4v) is 5.15. The highest BCUT2D eigenvalue weighted by Crippen LogP contribution is 2.41. The van der Waals surface area contributed by atoms with Gasteiger partial charge in [-0.3, -0.25) is 9.88 Å². The van der Waals surface area contributed by atoms with Gasteiger partial charge in [-0.2, -0.15) is 0 Å². The summed E-state index contributed by atoms with van der Waals surface area (Å²) in [5.41, 5.74) is 2.38. The quantitative estimate of drug-likeness (QED) is 0.733. The van der Waals surface area contributed by atoms with E-state index in [2.05, 4.69) is 39.6 Å². The van der Waals surface area contributed by atoms with Gasteiger partial charge < -0.3 is 4.57 Å². The molecule has 5 heteroatoms. The zero-order chi connectivity index (χ0) is 16.1. The largest absolute Gasteiger partial charge is 0.327 e. The van der Waals surface area contributed by atoms with E-state index in [1.807, 2.05) is 36.0 Å². The molecule has 0 saturated carbocycles. The number of rotatable bonds is 3. The van der Waals surface area contributed by atoms with E-state index >= 15 is 0 Å². The second kappa shape index (κ2) is 5.53. The molecule has 0 bridgehead atoms. The first-order valence-electron chi connectivity index (χ1n) is 8.51. The van der Waals surface area contributed by atoms with Crippen molar-refractivity contribution in [3.05, 3.63) is 58.4 Å². The maximum atomic E-state index is 4.77. The predicted molar refractivity (Wildman–Crippen MR) is 96.0 cm³/mol. The highest BCUT2D eigenvalue weighted by atomic mass is 32.1. The molecule has 0 spiro atoms. The zero-order valence-electron chi connectivity index (χ0n) is 13.7. The molecule has 4 nitrogen and oxygen atoms in total. The van der Waals surface area contributed by atoms with Crippen molar-refractivity contribution in [2.45, 2.75) is 25.9 Å². The van der Waals surface area contributed by atoms with Gasteiger partial charge in [0.05, 0.1) is 11.9 Å². The van der Waals surface area contributed by atoms with E-state index in [-0.39, 0.29) is 0 Å². The molecule has 2 aliphatic heterocycles. The highest BCUT2D eigenvalue weighted by Gasteiger charge is 2.42. The average molecular weight is 336 g/mol. The summed E-state index contributed by atoms with van der Waals surface area (Å²) in [6, 6.07) is 8.62. The Hall–Kier alpha value is -1.98. The number of pyridine rings is 1. The number of thiophene rings is 1. The zero-order valence-corrected chi connectivity index (χ0v) is 14.5. The van der Waals surface area contributed by atoms with Crippen molar-refractivity contribution in [2.24, 2.45) is 5.92 Å². The molecule has 3 aromatic heterocycles. The van der Waals surface area contributed by atoms with Crippen molar-refractivity contribution in [1.29, 1.82) is 0 Å². The van der Waals surface area contributed by atoms with Crippen LogP contribution in [0.4, 0.5) is 0 Å². The Kier molecular flexibility index (Phi) is 3.31. The first-order chi connectivity index (χ1) is 11.8. The molecule has 0 radical (unpaired) electrons. The Morgan fingerprint density at radius 1 is 1.17 bits per heavy atom. The Morgan fingerprint density at radius 2 is 2.12 bits per heavy atom. The normalized spacial score (nSPS) is 22.7. The monoisotopic (exact) mass is 336 g/mol. The molecule has 122 valence electrons. The molecule has 0 aromatic carbocycles. The van der Waals surface area contributed by atoms with Crippen LogP contribution in [0, 0.1) is 12.8 Å². The third-order valence-electron chi connectivity index (χ3n) is 5.28. The molecule has 24 heavy (non-hydrogen) atoms. The summed E-state index contributed by atoms with van der Waals surface area (Å²) in [5.74, 6) is 2.55. The lowest BCUT2D eigenvalue weighted by atomic mass is 9.99. The average Bonchev–Trinajstić information content (AvgIpc) is 3.31. The van der Waals surface area contributed by atoms with E-state index in [1.54, 1.807) is 0 Å². The van der Waals surface area contributed by atoms with Gasteiger partial charge in [0, 0.05) is 65.7 Å². The van der Waals surface area contributed by atoms with Gasteiger partial charge in [-0.15, -0.1) is 11.3 Å². The van der Waals surface area contributed by atoms with Gasteiger partial charge in [-0.1, -0.05) is 0 Å². The third-order valence-corrected chi connectivity index (χ3v) is 6.27. The number of aromatic nitrogens is 3. The molecule has 0 aliphatic carbocycles. The molecule has 0 amide bonds. The summed E-state index contributed by atoms with van der Waals surface area (Å²) in [5, 5.41) is 0. The van der Waals surface area contributed by atoms with Gasteiger partial charge in [0.15, 0.2) is 0 Å². The number of aryl methyl sites for hydroxylation is 1. The highest BCUT2D eigenvalue weighted by molar-refractivity contribution is 7.11. The van der Waals surface area contributed by atoms with Crippen LogP contribution in [0.1, 0.15) is 21.5 Å². The van der Waals surface area contributed by atoms with Crippen molar-refractivity contribution < 1.29 is 0 Å². The van der Waals surface area contributed by atoms with E-state index in [1.165, 1.54) is 33.4 Å². The van der Waals surface area contributed by atoms with Crippen molar-refractivity contribution in [1.82, 2.24) is 19.4 Å². The summed E-state index contributed by atoms with van der Waals surface area (Å²) >= 11 is 1.92. The summed E-state index contributed by atoms with van der Waals surface area (Å²) in [6.45, 7) is 6.66. The van der Waals surface area contributed by atoms with Crippen molar-refractivity contribution >= 4 is 11.3 Å². The molecular formula is C19H20N4S. The van der Waals surface area contributed by atoms with Gasteiger partial charge >= 0.3 is 0 Å². The lowest BCUT2D eigenvalue weighted by molar-refractivity contribution is 0.309. The first-order valence-corrected chi connectivity index (χ1v) is 9.33. The van der Waals surface area contributed by atoms with E-state index in [0.717, 1.165) is 19.6 Å². The van der Waals surface area contributed by atoms with Crippen LogP contribution in [0.2, 0.25) is 0 Å². The minimum atomic E-state index is 0.580. The SMILES string of the molecule is Cc1ccc(CN2C[C@H]3Cn4c(-c5cccnc5)cnc4[C@H]3C2)s1. The molecule has 3 aromatic rings. The van der Waals surface area contributed by atoms with Gasteiger partial charge in [0.2, 0.25) is 0 Å². The number of imidazole rings is 1. The molecule has 5 rings (SSSR count). The molecular weight excluding hydrogens is 316 g/mol. The van der Waals surface area contributed by atoms with Gasteiger partial charge in [-0.25, -0.2) is 4.98 Å². The molecule has 1 fully saturated rings. The number of nitrogens with zero attached hydrogens (tertiary/aromatic N) is 4. The van der Waals surface area contributed by atoms with Crippen LogP contribution < -0.4 is 0 Å². The van der Waals surface area contributed by atoms with Crippen molar-refractivity contribution in [2.75, 3.05) is 13.1 Å². The second-order valence-corrected chi connectivity index (χ2v) is 8.30. The molecule has 0 unspecified atom stereocenters. The summed E-state index contributed by atoms with van der Waals surface area (Å²) < 4.78 is 2.42. The van der Waals surface area contributed by atoms with E-state index in [0.29, 0.717) is 11.8 Å². The Labute approximate surface area is 145 Å². The smallest absolute Gasteiger partial charge is 0.113 e. The third kappa shape index (κ3) is 2.31. The number of likely N-dealkylation sites (tertiary alicyclic amines) is 1. The van der Waals surface area contributed by atoms with Crippen molar-refractivity contribution in [3.8, 4) is 11.3 Å². The van der Waals surface area contributed by atoms with E-state index in [4.69, 9.17) is 4.98 Å². The van der Waals surface area contributed by atoms with Crippen LogP contribution in [0.15, 0.2) is 42.9 Å². The maximum Gasteiger partial charge on any atom is 0.113 e. The standard InChI is InChI=1S/C19H20N4S/c1-13-4-5-16(24-13)11-22-9-15-10-23-18(14-3-2-6-20-7-14)8-21-19(23)17(15)12-22/h2-8,15,17H,9-12H2,1H3/t15-,17-/m0/s1. The predicted octanol–water partition coefficient (Wildman–Crippen LogP) is 3.54. The van der Waals surface area contributed by atoms with Crippen molar-refractivity contribution in [3.63, 3.8) is 0 Å². The van der Waals surface area contributed by atoms with Crippen LogP contribution in [0.3, 0.4) is 0 Å². The fraction of sp³-hybridized carbons (Fsp3) is 0.368. The number of hydrogen-bond acceptors (Lipinski definition) is 4.